The molecule has 0 aliphatic carbocycles. The van der Waals surface area contributed by atoms with E-state index in [1.807, 2.05) is 12.4 Å². The number of hydrogen-bond acceptors (Lipinski definition) is 4. The Labute approximate surface area is 114 Å². The van der Waals surface area contributed by atoms with Crippen molar-refractivity contribution in [2.75, 3.05) is 19.8 Å². The predicted molar refractivity (Wildman–Crippen MR) is 72.7 cm³/mol. The number of aryl methyl sites for hydroxylation is 1. The zero-order valence-electron chi connectivity index (χ0n) is 11.5. The van der Waals surface area contributed by atoms with Gasteiger partial charge in [-0.05, 0) is 36.8 Å². The molecular weight excluding hydrogens is 240 g/mol. The molecule has 2 saturated heterocycles. The number of rotatable bonds is 2. The molecule has 2 fully saturated rings. The minimum Gasteiger partial charge on any atom is -0.378 e. The molecule has 0 amide bonds. The highest BCUT2D eigenvalue weighted by molar-refractivity contribution is 5.21. The lowest BCUT2D eigenvalue weighted by molar-refractivity contribution is -0.101. The van der Waals surface area contributed by atoms with Crippen molar-refractivity contribution in [2.45, 2.75) is 37.8 Å². The molecule has 2 aliphatic heterocycles. The molecule has 104 valence electrons. The fourth-order valence-electron chi connectivity index (χ4n) is 3.27. The van der Waals surface area contributed by atoms with Gasteiger partial charge in [-0.2, -0.15) is 0 Å². The first-order chi connectivity index (χ1) is 9.19. The summed E-state index contributed by atoms with van der Waals surface area (Å²) in [5.41, 5.74) is 8.69. The van der Waals surface area contributed by atoms with Gasteiger partial charge < -0.3 is 15.2 Å². The van der Waals surface area contributed by atoms with Gasteiger partial charge in [0.1, 0.15) is 0 Å². The standard InChI is InChI=1S/C15H22N2O2/c1-11-6-13(9-17-8-11)14(16)12-2-4-19-15(7-12)3-5-18-10-15/h6,8-9,12,14H,2-5,7,10,16H2,1H3. The third-order valence-electron chi connectivity index (χ3n) is 4.39. The van der Waals surface area contributed by atoms with Crippen LogP contribution in [0.4, 0.5) is 0 Å². The zero-order chi connectivity index (χ0) is 13.3. The van der Waals surface area contributed by atoms with E-state index in [9.17, 15) is 0 Å². The first-order valence-corrected chi connectivity index (χ1v) is 7.07. The van der Waals surface area contributed by atoms with Gasteiger partial charge in [-0.3, -0.25) is 4.98 Å². The molecule has 3 rings (SSSR count). The number of pyridine rings is 1. The van der Waals surface area contributed by atoms with Gasteiger partial charge in [-0.25, -0.2) is 0 Å². The van der Waals surface area contributed by atoms with E-state index in [-0.39, 0.29) is 11.6 Å². The van der Waals surface area contributed by atoms with E-state index in [0.717, 1.165) is 44.6 Å². The van der Waals surface area contributed by atoms with Crippen molar-refractivity contribution in [1.29, 1.82) is 0 Å². The first kappa shape index (κ1) is 13.0. The van der Waals surface area contributed by atoms with Crippen molar-refractivity contribution in [2.24, 2.45) is 11.7 Å². The molecule has 4 nitrogen and oxygen atoms in total. The van der Waals surface area contributed by atoms with Gasteiger partial charge in [-0.15, -0.1) is 0 Å². The molecule has 0 bridgehead atoms. The monoisotopic (exact) mass is 262 g/mol. The maximum atomic E-state index is 6.45. The zero-order valence-corrected chi connectivity index (χ0v) is 11.5. The fraction of sp³-hybridized carbons (Fsp3) is 0.667. The van der Waals surface area contributed by atoms with Gasteiger partial charge in [-0.1, -0.05) is 6.07 Å². The van der Waals surface area contributed by atoms with Gasteiger partial charge in [0.05, 0.1) is 12.2 Å². The van der Waals surface area contributed by atoms with Crippen molar-refractivity contribution < 1.29 is 9.47 Å². The van der Waals surface area contributed by atoms with E-state index in [4.69, 9.17) is 15.2 Å². The second-order valence-electron chi connectivity index (χ2n) is 5.91. The van der Waals surface area contributed by atoms with Crippen LogP contribution in [0.2, 0.25) is 0 Å². The van der Waals surface area contributed by atoms with Crippen molar-refractivity contribution in [3.8, 4) is 0 Å². The Morgan fingerprint density at radius 3 is 3.05 bits per heavy atom. The van der Waals surface area contributed by atoms with Crippen LogP contribution >= 0.6 is 0 Å². The second-order valence-corrected chi connectivity index (χ2v) is 5.91. The predicted octanol–water partition coefficient (Wildman–Crippen LogP) is 1.98. The summed E-state index contributed by atoms with van der Waals surface area (Å²) < 4.78 is 11.5. The highest BCUT2D eigenvalue weighted by Crippen LogP contribution is 2.40. The van der Waals surface area contributed by atoms with Crippen LogP contribution in [0.25, 0.3) is 0 Å². The van der Waals surface area contributed by atoms with Crippen LogP contribution in [0.3, 0.4) is 0 Å². The topological polar surface area (TPSA) is 57.4 Å². The third-order valence-corrected chi connectivity index (χ3v) is 4.39. The molecule has 1 aromatic rings. The molecule has 4 heteroatoms. The van der Waals surface area contributed by atoms with Crippen molar-refractivity contribution in [3.63, 3.8) is 0 Å². The van der Waals surface area contributed by atoms with Crippen molar-refractivity contribution >= 4 is 0 Å². The van der Waals surface area contributed by atoms with Crippen LogP contribution < -0.4 is 5.73 Å². The number of hydrogen-bond donors (Lipinski definition) is 1. The summed E-state index contributed by atoms with van der Waals surface area (Å²) in [4.78, 5) is 4.25. The highest BCUT2D eigenvalue weighted by Gasteiger charge is 2.42. The number of nitrogens with two attached hydrogens (primary N) is 1. The molecule has 3 heterocycles. The lowest BCUT2D eigenvalue weighted by Crippen LogP contribution is -2.43. The van der Waals surface area contributed by atoms with Crippen LogP contribution in [0.5, 0.6) is 0 Å². The summed E-state index contributed by atoms with van der Waals surface area (Å²) in [6.07, 6.45) is 6.79. The van der Waals surface area contributed by atoms with E-state index in [2.05, 4.69) is 18.0 Å². The van der Waals surface area contributed by atoms with Gasteiger partial charge in [0.25, 0.3) is 0 Å². The van der Waals surface area contributed by atoms with Gasteiger partial charge in [0, 0.05) is 38.1 Å². The summed E-state index contributed by atoms with van der Waals surface area (Å²) in [5, 5.41) is 0. The smallest absolute Gasteiger partial charge is 0.0940 e. The summed E-state index contributed by atoms with van der Waals surface area (Å²) in [5.74, 6) is 0.457. The lowest BCUT2D eigenvalue weighted by atomic mass is 9.79. The second kappa shape index (κ2) is 5.19. The molecule has 1 spiro atoms. The summed E-state index contributed by atoms with van der Waals surface area (Å²) in [6.45, 7) is 4.39. The largest absolute Gasteiger partial charge is 0.378 e. The van der Waals surface area contributed by atoms with Crippen LogP contribution in [0.15, 0.2) is 18.5 Å². The summed E-state index contributed by atoms with van der Waals surface area (Å²) in [7, 11) is 0. The first-order valence-electron chi connectivity index (χ1n) is 7.07. The Kier molecular flexibility index (Phi) is 3.56. The number of ether oxygens (including phenoxy) is 2. The average molecular weight is 262 g/mol. The Morgan fingerprint density at radius 2 is 2.32 bits per heavy atom. The molecule has 19 heavy (non-hydrogen) atoms. The highest BCUT2D eigenvalue weighted by atomic mass is 16.6. The lowest BCUT2D eigenvalue weighted by Gasteiger charge is -2.39. The quantitative estimate of drug-likeness (QED) is 0.885. The third kappa shape index (κ3) is 2.66. The average Bonchev–Trinajstić information content (AvgIpc) is 2.86. The molecule has 1 aromatic heterocycles. The minimum absolute atomic E-state index is 0.0498. The van der Waals surface area contributed by atoms with Crippen LogP contribution in [-0.2, 0) is 9.47 Å². The van der Waals surface area contributed by atoms with Gasteiger partial charge >= 0.3 is 0 Å². The van der Waals surface area contributed by atoms with Gasteiger partial charge in [0.2, 0.25) is 0 Å². The number of aromatic nitrogens is 1. The summed E-state index contributed by atoms with van der Waals surface area (Å²) in [6, 6.07) is 2.19. The molecule has 3 unspecified atom stereocenters. The van der Waals surface area contributed by atoms with E-state index in [1.54, 1.807) is 0 Å². The Balaban J connectivity index is 1.74. The number of nitrogens with zero attached hydrogens (tertiary/aromatic N) is 1. The Morgan fingerprint density at radius 1 is 1.42 bits per heavy atom. The molecule has 2 aliphatic rings. The van der Waals surface area contributed by atoms with Crippen LogP contribution in [0, 0.1) is 12.8 Å². The molecule has 3 atom stereocenters. The normalized spacial score (nSPS) is 32.6. The molecule has 0 radical (unpaired) electrons. The molecule has 0 saturated carbocycles. The van der Waals surface area contributed by atoms with Crippen LogP contribution in [-0.4, -0.2) is 30.4 Å². The maximum Gasteiger partial charge on any atom is 0.0940 e. The molecular formula is C15H22N2O2. The van der Waals surface area contributed by atoms with Gasteiger partial charge in [0.15, 0.2) is 0 Å². The van der Waals surface area contributed by atoms with E-state index in [0.29, 0.717) is 5.92 Å². The molecule has 0 aromatic carbocycles. The van der Waals surface area contributed by atoms with E-state index < -0.39 is 0 Å². The van der Waals surface area contributed by atoms with Crippen LogP contribution in [0.1, 0.15) is 36.4 Å². The SMILES string of the molecule is Cc1cncc(C(N)C2CCOC3(CCOC3)C2)c1. The maximum absolute atomic E-state index is 6.45. The van der Waals surface area contributed by atoms with E-state index >= 15 is 0 Å². The fourth-order valence-corrected chi connectivity index (χ4v) is 3.27. The Hall–Kier alpha value is -0.970. The van der Waals surface area contributed by atoms with E-state index in [1.165, 1.54) is 5.56 Å². The summed E-state index contributed by atoms with van der Waals surface area (Å²) >= 11 is 0. The minimum atomic E-state index is -0.0716. The Bertz CT molecular complexity index is 444. The van der Waals surface area contributed by atoms with Crippen molar-refractivity contribution in [1.82, 2.24) is 4.98 Å². The molecule has 2 N–H and O–H groups in total. The van der Waals surface area contributed by atoms with Crippen molar-refractivity contribution in [3.05, 3.63) is 29.6 Å².